The zero-order chi connectivity index (χ0) is 17.9. The van der Waals surface area contributed by atoms with E-state index in [4.69, 9.17) is 10.7 Å². The van der Waals surface area contributed by atoms with Gasteiger partial charge in [-0.15, -0.1) is 0 Å². The number of anilines is 1. The van der Waals surface area contributed by atoms with Gasteiger partial charge in [0.05, 0.1) is 5.52 Å². The van der Waals surface area contributed by atoms with Crippen molar-refractivity contribution in [2.75, 3.05) is 11.9 Å². The number of carbonyl (C=O) groups is 1. The maximum atomic E-state index is 11.4. The molecule has 6 heteroatoms. The van der Waals surface area contributed by atoms with Crippen LogP contribution in [0.2, 0.25) is 0 Å². The van der Waals surface area contributed by atoms with Crippen molar-refractivity contribution in [3.63, 3.8) is 0 Å². The minimum atomic E-state index is -0.526. The summed E-state index contributed by atoms with van der Waals surface area (Å²) in [6.45, 7) is 0.520. The number of nitrogens with zero attached hydrogens (tertiary/aromatic N) is 3. The fourth-order valence-electron chi connectivity index (χ4n) is 2.87. The Morgan fingerprint density at radius 3 is 2.58 bits per heavy atom. The zero-order valence-corrected chi connectivity index (χ0v) is 14.0. The first kappa shape index (κ1) is 16.0. The van der Waals surface area contributed by atoms with Crippen LogP contribution in [-0.2, 0) is 4.79 Å². The van der Waals surface area contributed by atoms with Crippen LogP contribution in [-0.4, -0.2) is 28.1 Å². The number of rotatable bonds is 4. The van der Waals surface area contributed by atoms with Crippen LogP contribution in [0.25, 0.3) is 22.3 Å². The molecule has 0 unspecified atom stereocenters. The van der Waals surface area contributed by atoms with E-state index in [9.17, 15) is 4.79 Å². The summed E-state index contributed by atoms with van der Waals surface area (Å²) in [5.74, 6) is 0.819. The van der Waals surface area contributed by atoms with Crippen LogP contribution in [0, 0.1) is 0 Å². The number of aromatic nitrogens is 2. The molecule has 0 bridgehead atoms. The number of hydrogen-bond acceptors (Lipinski definition) is 5. The molecule has 2 aromatic carbocycles. The molecule has 1 aliphatic heterocycles. The summed E-state index contributed by atoms with van der Waals surface area (Å²) in [5, 5.41) is 4.25. The van der Waals surface area contributed by atoms with Gasteiger partial charge in [-0.05, 0) is 18.2 Å². The van der Waals surface area contributed by atoms with Gasteiger partial charge in [0.2, 0.25) is 0 Å². The molecule has 3 aromatic rings. The van der Waals surface area contributed by atoms with Crippen molar-refractivity contribution < 1.29 is 4.79 Å². The number of carbonyl (C=O) groups excluding carboxylic acids is 1. The summed E-state index contributed by atoms with van der Waals surface area (Å²) in [5.41, 5.74) is 8.28. The Balaban J connectivity index is 1.79. The molecular weight excluding hydrogens is 326 g/mol. The summed E-state index contributed by atoms with van der Waals surface area (Å²) < 4.78 is 0. The van der Waals surface area contributed by atoms with Crippen molar-refractivity contribution in [3.05, 3.63) is 66.4 Å². The summed E-state index contributed by atoms with van der Waals surface area (Å²) in [4.78, 5) is 24.9. The lowest BCUT2D eigenvalue weighted by atomic mass is 10.1. The van der Waals surface area contributed by atoms with Crippen LogP contribution < -0.4 is 11.1 Å². The molecule has 0 fully saturated rings. The number of nitrogens with one attached hydrogen (secondary N) is 1. The predicted octanol–water partition coefficient (Wildman–Crippen LogP) is 2.92. The molecule has 0 atom stereocenters. The second-order valence-corrected chi connectivity index (χ2v) is 5.95. The number of dihydropyridines is 1. The summed E-state index contributed by atoms with van der Waals surface area (Å²) >= 11 is 0. The lowest BCUT2D eigenvalue weighted by molar-refractivity contribution is -0.111. The number of aliphatic imine (C=N–C) groups is 1. The smallest absolute Gasteiger partial charge is 0.266 e. The highest BCUT2D eigenvalue weighted by molar-refractivity contribution is 6.43. The highest BCUT2D eigenvalue weighted by Crippen LogP contribution is 2.26. The van der Waals surface area contributed by atoms with Crippen molar-refractivity contribution in [3.8, 4) is 11.4 Å². The first-order valence-corrected chi connectivity index (χ1v) is 8.35. The normalized spacial score (nSPS) is 13.8. The summed E-state index contributed by atoms with van der Waals surface area (Å²) in [6, 6.07) is 17.7. The van der Waals surface area contributed by atoms with E-state index >= 15 is 0 Å². The molecule has 26 heavy (non-hydrogen) atoms. The Bertz CT molecular complexity index is 1040. The third-order valence-corrected chi connectivity index (χ3v) is 4.14. The maximum Gasteiger partial charge on any atom is 0.266 e. The lowest BCUT2D eigenvalue weighted by Gasteiger charge is -2.16. The van der Waals surface area contributed by atoms with Crippen LogP contribution in [0.5, 0.6) is 0 Å². The van der Waals surface area contributed by atoms with Crippen LogP contribution in [0.4, 0.5) is 5.82 Å². The highest BCUT2D eigenvalue weighted by Gasteiger charge is 2.14. The monoisotopic (exact) mass is 343 g/mol. The van der Waals surface area contributed by atoms with Gasteiger partial charge >= 0.3 is 0 Å². The molecule has 6 nitrogen and oxygen atoms in total. The first-order chi connectivity index (χ1) is 12.7. The summed E-state index contributed by atoms with van der Waals surface area (Å²) in [6.07, 6.45) is 2.38. The van der Waals surface area contributed by atoms with Gasteiger partial charge in [-0.25, -0.2) is 9.97 Å². The van der Waals surface area contributed by atoms with E-state index in [-0.39, 0.29) is 5.71 Å². The van der Waals surface area contributed by atoms with Crippen molar-refractivity contribution in [1.82, 2.24) is 9.97 Å². The van der Waals surface area contributed by atoms with E-state index in [1.807, 2.05) is 54.6 Å². The van der Waals surface area contributed by atoms with E-state index in [0.717, 1.165) is 22.2 Å². The molecule has 0 saturated carbocycles. The molecule has 3 N–H and O–H groups in total. The van der Waals surface area contributed by atoms with Gasteiger partial charge in [-0.2, -0.15) is 0 Å². The number of primary amides is 1. The Morgan fingerprint density at radius 1 is 1.00 bits per heavy atom. The average Bonchev–Trinajstić information content (AvgIpc) is 2.69. The van der Waals surface area contributed by atoms with Gasteiger partial charge in [0.1, 0.15) is 11.5 Å². The van der Waals surface area contributed by atoms with Crippen LogP contribution in [0.1, 0.15) is 6.42 Å². The molecule has 1 amide bonds. The molecule has 0 radical (unpaired) electrons. The van der Waals surface area contributed by atoms with E-state index in [1.54, 1.807) is 6.08 Å². The van der Waals surface area contributed by atoms with Gasteiger partial charge in [0.15, 0.2) is 5.82 Å². The van der Waals surface area contributed by atoms with E-state index in [0.29, 0.717) is 24.6 Å². The third-order valence-electron chi connectivity index (χ3n) is 4.14. The molecule has 0 aliphatic carbocycles. The van der Waals surface area contributed by atoms with E-state index in [1.165, 1.54) is 0 Å². The molecule has 128 valence electrons. The van der Waals surface area contributed by atoms with Gasteiger partial charge < -0.3 is 11.1 Å². The minimum absolute atomic E-state index is 0.278. The second kappa shape index (κ2) is 6.76. The summed E-state index contributed by atoms with van der Waals surface area (Å²) in [7, 11) is 0. The van der Waals surface area contributed by atoms with Gasteiger partial charge in [0, 0.05) is 29.6 Å². The zero-order valence-electron chi connectivity index (χ0n) is 14.0. The molecule has 0 saturated heterocycles. The Morgan fingerprint density at radius 2 is 1.77 bits per heavy atom. The Labute approximate surface area is 150 Å². The number of fused-ring (bicyclic) bond motifs is 1. The largest absolute Gasteiger partial charge is 0.364 e. The number of benzene rings is 2. The first-order valence-electron chi connectivity index (χ1n) is 8.35. The molecule has 1 aromatic heterocycles. The fraction of sp³-hybridized carbons (Fsp3) is 0.100. The van der Waals surface area contributed by atoms with Crippen molar-refractivity contribution in [2.45, 2.75) is 6.42 Å². The average molecular weight is 343 g/mol. The third kappa shape index (κ3) is 3.17. The van der Waals surface area contributed by atoms with Gasteiger partial charge in [-0.1, -0.05) is 42.5 Å². The predicted molar refractivity (Wildman–Crippen MR) is 103 cm³/mol. The number of para-hydroxylation sites is 1. The highest BCUT2D eigenvalue weighted by atomic mass is 16.1. The topological polar surface area (TPSA) is 93.3 Å². The van der Waals surface area contributed by atoms with E-state index < -0.39 is 5.91 Å². The molecule has 0 spiro atoms. The quantitative estimate of drug-likeness (QED) is 0.762. The van der Waals surface area contributed by atoms with Crippen molar-refractivity contribution in [2.24, 2.45) is 10.7 Å². The maximum absolute atomic E-state index is 11.4. The SMILES string of the molecule is NC(=O)C1=NCCC(Nc2nc(-c3ccccc3)nc3ccccc23)=C1. The molecular formula is C20H17N5O. The minimum Gasteiger partial charge on any atom is -0.364 e. The standard InChI is InChI=1S/C20H17N5O/c21-18(26)17-12-14(10-11-22-17)23-20-15-8-4-5-9-16(15)24-19(25-20)13-6-2-1-3-7-13/h1-9,12H,10-11H2,(H2,21,26)(H,23,24,25). The Hall–Kier alpha value is -3.54. The van der Waals surface area contributed by atoms with Crippen LogP contribution >= 0.6 is 0 Å². The van der Waals surface area contributed by atoms with Crippen molar-refractivity contribution in [1.29, 1.82) is 0 Å². The van der Waals surface area contributed by atoms with E-state index in [2.05, 4.69) is 15.3 Å². The Kier molecular flexibility index (Phi) is 4.15. The lowest BCUT2D eigenvalue weighted by Crippen LogP contribution is -2.25. The molecule has 2 heterocycles. The number of hydrogen-bond donors (Lipinski definition) is 2. The molecule has 1 aliphatic rings. The number of amides is 1. The molecule has 4 rings (SSSR count). The van der Waals surface area contributed by atoms with Gasteiger partial charge in [-0.3, -0.25) is 9.79 Å². The van der Waals surface area contributed by atoms with Crippen LogP contribution in [0.3, 0.4) is 0 Å². The number of nitrogens with two attached hydrogens (primary N) is 1. The van der Waals surface area contributed by atoms with Crippen LogP contribution in [0.15, 0.2) is 71.4 Å². The second-order valence-electron chi connectivity index (χ2n) is 5.95. The fourth-order valence-corrected chi connectivity index (χ4v) is 2.87. The van der Waals surface area contributed by atoms with Crippen molar-refractivity contribution >= 4 is 28.3 Å². The van der Waals surface area contributed by atoms with Gasteiger partial charge in [0.25, 0.3) is 5.91 Å².